The van der Waals surface area contributed by atoms with E-state index in [9.17, 15) is 4.39 Å². The van der Waals surface area contributed by atoms with Crippen LogP contribution in [0.4, 0.5) is 15.8 Å². The van der Waals surface area contributed by atoms with Gasteiger partial charge in [0.1, 0.15) is 5.69 Å². The van der Waals surface area contributed by atoms with E-state index in [2.05, 4.69) is 27.2 Å². The number of benzene rings is 1. The molecule has 1 aliphatic rings. The van der Waals surface area contributed by atoms with Gasteiger partial charge < -0.3 is 9.80 Å². The molecular formula is C14H18FN5S. The van der Waals surface area contributed by atoms with E-state index in [1.807, 2.05) is 12.3 Å². The van der Waals surface area contributed by atoms with Gasteiger partial charge in [-0.05, 0) is 25.4 Å². The summed E-state index contributed by atoms with van der Waals surface area (Å²) >= 11 is 1.28. The molecular weight excluding hydrogens is 289 g/mol. The minimum atomic E-state index is -0.377. The fourth-order valence-corrected chi connectivity index (χ4v) is 2.52. The number of rotatable bonds is 2. The molecule has 0 bridgehead atoms. The molecule has 0 saturated carbocycles. The quantitative estimate of drug-likeness (QED) is 0.392. The number of hydrogen-bond acceptors (Lipinski definition) is 5. The summed E-state index contributed by atoms with van der Waals surface area (Å²) in [4.78, 5) is 8.65. The first-order valence-corrected chi connectivity index (χ1v) is 7.88. The zero-order valence-electron chi connectivity index (χ0n) is 12.1. The third-order valence-electron chi connectivity index (χ3n) is 3.38. The lowest BCUT2D eigenvalue weighted by Crippen LogP contribution is -2.44. The molecule has 0 radical (unpaired) electrons. The van der Waals surface area contributed by atoms with Gasteiger partial charge in [-0.1, -0.05) is 17.8 Å². The van der Waals surface area contributed by atoms with Crippen molar-refractivity contribution in [3.05, 3.63) is 24.0 Å². The van der Waals surface area contributed by atoms with Gasteiger partial charge in [-0.2, -0.15) is 5.26 Å². The van der Waals surface area contributed by atoms with Gasteiger partial charge in [0.2, 0.25) is 0 Å². The van der Waals surface area contributed by atoms with Gasteiger partial charge in [0.25, 0.3) is 0 Å². The second-order valence-corrected chi connectivity index (χ2v) is 5.55. The first-order valence-electron chi connectivity index (χ1n) is 6.65. The lowest BCUT2D eigenvalue weighted by atomic mass is 10.2. The highest BCUT2D eigenvalue weighted by atomic mass is 32.2. The summed E-state index contributed by atoms with van der Waals surface area (Å²) in [6, 6.07) is 4.96. The number of amidine groups is 1. The predicted molar refractivity (Wildman–Crippen MR) is 85.5 cm³/mol. The van der Waals surface area contributed by atoms with Crippen LogP contribution in [0.2, 0.25) is 0 Å². The van der Waals surface area contributed by atoms with Crippen LogP contribution in [0.1, 0.15) is 0 Å². The maximum atomic E-state index is 14.2. The van der Waals surface area contributed by atoms with Gasteiger partial charge >= 0.3 is 0 Å². The monoisotopic (exact) mass is 307 g/mol. The number of aliphatic imine (C=N–C) groups is 1. The normalized spacial score (nSPS) is 16.7. The lowest BCUT2D eigenvalue weighted by molar-refractivity contribution is 0.313. The Morgan fingerprint density at radius 2 is 2.10 bits per heavy atom. The van der Waals surface area contributed by atoms with Crippen molar-refractivity contribution in [1.29, 1.82) is 5.26 Å². The van der Waals surface area contributed by atoms with Crippen molar-refractivity contribution in [2.24, 2.45) is 4.99 Å². The maximum absolute atomic E-state index is 14.2. The van der Waals surface area contributed by atoms with Crippen LogP contribution in [0, 0.1) is 17.3 Å². The summed E-state index contributed by atoms with van der Waals surface area (Å²) in [6.07, 6.45) is 3.61. The number of halogens is 1. The molecule has 0 amide bonds. The third-order valence-corrected chi connectivity index (χ3v) is 3.96. The van der Waals surface area contributed by atoms with E-state index in [1.165, 1.54) is 17.8 Å². The molecule has 1 aromatic carbocycles. The highest BCUT2D eigenvalue weighted by molar-refractivity contribution is 8.13. The van der Waals surface area contributed by atoms with E-state index in [4.69, 9.17) is 5.26 Å². The lowest BCUT2D eigenvalue weighted by Gasteiger charge is -2.34. The highest BCUT2D eigenvalue weighted by Crippen LogP contribution is 2.32. The fraction of sp³-hybridized carbons (Fsp3) is 0.429. The number of hydrogen-bond donors (Lipinski definition) is 1. The maximum Gasteiger partial charge on any atom is 0.183 e. The number of piperazine rings is 1. The smallest absolute Gasteiger partial charge is 0.183 e. The van der Waals surface area contributed by atoms with Gasteiger partial charge in [0, 0.05) is 26.2 Å². The SMILES string of the molecule is CSC(=Nc1c(F)cccc1N1CCN(C)CC1)NC#N. The molecule has 0 aromatic heterocycles. The number of nitrogens with one attached hydrogen (secondary N) is 1. The van der Waals surface area contributed by atoms with Crippen molar-refractivity contribution in [2.45, 2.75) is 0 Å². The first kappa shape index (κ1) is 15.6. The molecule has 1 heterocycles. The van der Waals surface area contributed by atoms with E-state index in [1.54, 1.807) is 12.3 Å². The molecule has 5 nitrogen and oxygen atoms in total. The van der Waals surface area contributed by atoms with E-state index in [-0.39, 0.29) is 11.5 Å². The average molecular weight is 307 g/mol. The van der Waals surface area contributed by atoms with Gasteiger partial charge in [0.15, 0.2) is 17.2 Å². The standard InChI is InChI=1S/C14H18FN5S/c1-19-6-8-20(9-7-19)12-5-3-4-11(15)13(12)18-14(21-2)17-10-16/h3-5H,6-9H2,1-2H3,(H,17,18). The molecule has 1 saturated heterocycles. The molecule has 0 atom stereocenters. The summed E-state index contributed by atoms with van der Waals surface area (Å²) in [6.45, 7) is 3.54. The second-order valence-electron chi connectivity index (χ2n) is 4.76. The fourth-order valence-electron chi connectivity index (χ4n) is 2.19. The topological polar surface area (TPSA) is 54.7 Å². The minimum Gasteiger partial charge on any atom is -0.367 e. The van der Waals surface area contributed by atoms with Gasteiger partial charge in [0.05, 0.1) is 5.69 Å². The Kier molecular flexibility index (Phi) is 5.42. The molecule has 0 spiro atoms. The van der Waals surface area contributed by atoms with Gasteiger partial charge in [-0.3, -0.25) is 5.32 Å². The van der Waals surface area contributed by atoms with Crippen LogP contribution in [0.5, 0.6) is 0 Å². The van der Waals surface area contributed by atoms with Crippen LogP contribution in [0.25, 0.3) is 0 Å². The molecule has 1 fully saturated rings. The zero-order valence-corrected chi connectivity index (χ0v) is 13.0. The van der Waals surface area contributed by atoms with Crippen LogP contribution in [-0.2, 0) is 0 Å². The van der Waals surface area contributed by atoms with Crippen molar-refractivity contribution in [2.75, 3.05) is 44.4 Å². The highest BCUT2D eigenvalue weighted by Gasteiger charge is 2.19. The minimum absolute atomic E-state index is 0.286. The number of nitriles is 1. The summed E-state index contributed by atoms with van der Waals surface area (Å²) in [5.41, 5.74) is 1.06. The molecule has 1 N–H and O–H groups in total. The van der Waals surface area contributed by atoms with Crippen LogP contribution >= 0.6 is 11.8 Å². The van der Waals surface area contributed by atoms with Crippen molar-refractivity contribution >= 4 is 28.3 Å². The van der Waals surface area contributed by atoms with E-state index in [0.717, 1.165) is 31.9 Å². The number of likely N-dealkylation sites (N-methyl/N-ethyl adjacent to an activating group) is 1. The predicted octanol–water partition coefficient (Wildman–Crippen LogP) is 2.00. The summed E-state index contributed by atoms with van der Waals surface area (Å²) in [7, 11) is 2.07. The number of thioether (sulfide) groups is 1. The number of para-hydroxylation sites is 1. The Hall–Kier alpha value is -1.78. The summed E-state index contributed by atoms with van der Waals surface area (Å²) in [5, 5.41) is 11.6. The Labute approximate surface area is 128 Å². The average Bonchev–Trinajstić information content (AvgIpc) is 2.49. The Bertz CT molecular complexity index is 561. The molecule has 0 unspecified atom stereocenters. The largest absolute Gasteiger partial charge is 0.367 e. The van der Waals surface area contributed by atoms with Crippen LogP contribution in [0.3, 0.4) is 0 Å². The Morgan fingerprint density at radius 3 is 2.71 bits per heavy atom. The van der Waals surface area contributed by atoms with Crippen LogP contribution in [0.15, 0.2) is 23.2 Å². The molecule has 21 heavy (non-hydrogen) atoms. The van der Waals surface area contributed by atoms with Crippen molar-refractivity contribution < 1.29 is 4.39 Å². The molecule has 2 rings (SSSR count). The van der Waals surface area contributed by atoms with E-state index < -0.39 is 0 Å². The molecule has 112 valence electrons. The number of anilines is 1. The van der Waals surface area contributed by atoms with Gasteiger partial charge in [-0.15, -0.1) is 0 Å². The zero-order chi connectivity index (χ0) is 15.2. The van der Waals surface area contributed by atoms with Crippen molar-refractivity contribution in [3.63, 3.8) is 0 Å². The van der Waals surface area contributed by atoms with Crippen molar-refractivity contribution in [3.8, 4) is 6.19 Å². The number of nitrogens with zero attached hydrogens (tertiary/aromatic N) is 4. The van der Waals surface area contributed by atoms with Gasteiger partial charge in [-0.25, -0.2) is 9.38 Å². The first-order chi connectivity index (χ1) is 10.2. The molecule has 1 aliphatic heterocycles. The Balaban J connectivity index is 2.34. The van der Waals surface area contributed by atoms with E-state index in [0.29, 0.717) is 5.17 Å². The third kappa shape index (κ3) is 3.86. The summed E-state index contributed by atoms with van der Waals surface area (Å²) < 4.78 is 14.2. The van der Waals surface area contributed by atoms with Crippen molar-refractivity contribution in [1.82, 2.24) is 10.2 Å². The van der Waals surface area contributed by atoms with Crippen LogP contribution < -0.4 is 10.2 Å². The molecule has 1 aromatic rings. The summed E-state index contributed by atoms with van der Waals surface area (Å²) in [5.74, 6) is -0.377. The van der Waals surface area contributed by atoms with E-state index >= 15 is 0 Å². The molecule has 0 aliphatic carbocycles. The second kappa shape index (κ2) is 7.29. The van der Waals surface area contributed by atoms with Crippen LogP contribution in [-0.4, -0.2) is 49.6 Å². The molecule has 7 heteroatoms. The Morgan fingerprint density at radius 1 is 1.38 bits per heavy atom.